The lowest BCUT2D eigenvalue weighted by Gasteiger charge is -2.37. The van der Waals surface area contributed by atoms with E-state index in [0.717, 1.165) is 5.56 Å². The van der Waals surface area contributed by atoms with Gasteiger partial charge in [-0.3, -0.25) is 4.90 Å². The zero-order valence-corrected chi connectivity index (χ0v) is 10.0. The molecule has 1 aromatic rings. The Hall–Kier alpha value is -1.07. The molecule has 0 aliphatic carbocycles. The molecule has 1 aliphatic heterocycles. The van der Waals surface area contributed by atoms with Crippen LogP contribution in [-0.2, 0) is 6.54 Å². The molecule has 100 valence electrons. The molecule has 0 amide bonds. The van der Waals surface area contributed by atoms with Gasteiger partial charge in [0, 0.05) is 19.1 Å². The molecular weight excluding hydrogens is 241 g/mol. The van der Waals surface area contributed by atoms with E-state index in [1.165, 1.54) is 0 Å². The number of hydrogen-bond acceptors (Lipinski definition) is 2. The Balaban J connectivity index is 2.00. The molecule has 2 rings (SSSR count). The number of nitrogens with zero attached hydrogens (tertiary/aromatic N) is 1. The summed E-state index contributed by atoms with van der Waals surface area (Å²) < 4.78 is 38.4. The third-order valence-corrected chi connectivity index (χ3v) is 3.42. The first kappa shape index (κ1) is 13.4. The average molecular weight is 258 g/mol. The standard InChI is InChI=1S/C13H17F3N2/c14-13(15,16)11-9-18(7-6-12(11)17)8-10-4-2-1-3-5-10/h1-5,11-12H,6-9,17H2. The molecule has 2 unspecified atom stereocenters. The second-order valence-corrected chi connectivity index (χ2v) is 4.82. The minimum Gasteiger partial charge on any atom is -0.327 e. The summed E-state index contributed by atoms with van der Waals surface area (Å²) in [7, 11) is 0. The van der Waals surface area contributed by atoms with Crippen LogP contribution in [0.1, 0.15) is 12.0 Å². The van der Waals surface area contributed by atoms with E-state index in [0.29, 0.717) is 19.5 Å². The number of likely N-dealkylation sites (tertiary alicyclic amines) is 1. The average Bonchev–Trinajstić information content (AvgIpc) is 2.31. The lowest BCUT2D eigenvalue weighted by Crippen LogP contribution is -2.52. The van der Waals surface area contributed by atoms with Gasteiger partial charge in [0.15, 0.2) is 0 Å². The van der Waals surface area contributed by atoms with Crippen molar-refractivity contribution in [1.82, 2.24) is 4.90 Å². The SMILES string of the molecule is NC1CCN(Cc2ccccc2)CC1C(F)(F)F. The molecule has 2 nitrogen and oxygen atoms in total. The molecule has 0 spiro atoms. The first-order chi connectivity index (χ1) is 8.47. The van der Waals surface area contributed by atoms with E-state index < -0.39 is 18.1 Å². The molecule has 5 heteroatoms. The molecule has 0 aromatic heterocycles. The van der Waals surface area contributed by atoms with Crippen molar-refractivity contribution in [3.8, 4) is 0 Å². The van der Waals surface area contributed by atoms with Crippen molar-refractivity contribution >= 4 is 0 Å². The van der Waals surface area contributed by atoms with E-state index in [4.69, 9.17) is 5.73 Å². The van der Waals surface area contributed by atoms with Crippen LogP contribution in [0.2, 0.25) is 0 Å². The molecular formula is C13H17F3N2. The van der Waals surface area contributed by atoms with E-state index in [9.17, 15) is 13.2 Å². The molecule has 18 heavy (non-hydrogen) atoms. The highest BCUT2D eigenvalue weighted by Gasteiger charge is 2.45. The largest absolute Gasteiger partial charge is 0.394 e. The molecule has 0 radical (unpaired) electrons. The van der Waals surface area contributed by atoms with Crippen molar-refractivity contribution in [3.63, 3.8) is 0 Å². The molecule has 0 saturated carbocycles. The predicted molar refractivity (Wildman–Crippen MR) is 63.9 cm³/mol. The van der Waals surface area contributed by atoms with E-state index in [1.807, 2.05) is 35.2 Å². The second kappa shape index (κ2) is 5.28. The van der Waals surface area contributed by atoms with Gasteiger partial charge in [0.05, 0.1) is 5.92 Å². The van der Waals surface area contributed by atoms with Gasteiger partial charge in [-0.25, -0.2) is 0 Å². The minimum absolute atomic E-state index is 0.000436. The van der Waals surface area contributed by atoms with Crippen molar-refractivity contribution in [2.24, 2.45) is 11.7 Å². The summed E-state index contributed by atoms with van der Waals surface area (Å²) in [6, 6.07) is 8.78. The summed E-state index contributed by atoms with van der Waals surface area (Å²) in [4.78, 5) is 1.83. The van der Waals surface area contributed by atoms with Crippen LogP contribution < -0.4 is 5.73 Å². The molecule has 1 heterocycles. The topological polar surface area (TPSA) is 29.3 Å². The summed E-state index contributed by atoms with van der Waals surface area (Å²) in [6.07, 6.45) is -3.80. The third kappa shape index (κ3) is 3.23. The smallest absolute Gasteiger partial charge is 0.327 e. The first-order valence-electron chi connectivity index (χ1n) is 6.05. The Morgan fingerprint density at radius 1 is 1.22 bits per heavy atom. The van der Waals surface area contributed by atoms with Crippen LogP contribution in [0.5, 0.6) is 0 Å². The van der Waals surface area contributed by atoms with Gasteiger partial charge in [0.2, 0.25) is 0 Å². The summed E-state index contributed by atoms with van der Waals surface area (Å²) >= 11 is 0. The number of halogens is 3. The maximum atomic E-state index is 12.8. The van der Waals surface area contributed by atoms with Gasteiger partial charge in [-0.1, -0.05) is 30.3 Å². The van der Waals surface area contributed by atoms with Gasteiger partial charge < -0.3 is 5.73 Å². The maximum absolute atomic E-state index is 12.8. The summed E-state index contributed by atoms with van der Waals surface area (Å²) in [5, 5.41) is 0. The number of piperidine rings is 1. The van der Waals surface area contributed by atoms with E-state index in [1.54, 1.807) is 0 Å². The fourth-order valence-corrected chi connectivity index (χ4v) is 2.37. The zero-order valence-electron chi connectivity index (χ0n) is 10.0. The fourth-order valence-electron chi connectivity index (χ4n) is 2.37. The molecule has 0 bridgehead atoms. The first-order valence-corrected chi connectivity index (χ1v) is 6.05. The van der Waals surface area contributed by atoms with Crippen LogP contribution in [0.4, 0.5) is 13.2 Å². The quantitative estimate of drug-likeness (QED) is 0.882. The zero-order chi connectivity index (χ0) is 13.2. The molecule has 1 fully saturated rings. The maximum Gasteiger partial charge on any atom is 0.394 e. The summed E-state index contributed by atoms with van der Waals surface area (Å²) in [5.74, 6) is -1.41. The van der Waals surface area contributed by atoms with E-state index in [-0.39, 0.29) is 6.54 Å². The third-order valence-electron chi connectivity index (χ3n) is 3.42. The van der Waals surface area contributed by atoms with Gasteiger partial charge in [0.25, 0.3) is 0 Å². The molecule has 1 aromatic carbocycles. The van der Waals surface area contributed by atoms with Gasteiger partial charge in [-0.05, 0) is 18.5 Å². The Morgan fingerprint density at radius 3 is 2.50 bits per heavy atom. The minimum atomic E-state index is -4.20. The lowest BCUT2D eigenvalue weighted by molar-refractivity contribution is -0.191. The Labute approximate surface area is 105 Å². The van der Waals surface area contributed by atoms with Crippen LogP contribution in [-0.4, -0.2) is 30.2 Å². The van der Waals surface area contributed by atoms with Crippen molar-refractivity contribution in [3.05, 3.63) is 35.9 Å². The van der Waals surface area contributed by atoms with Crippen LogP contribution in [0.15, 0.2) is 30.3 Å². The number of nitrogens with two attached hydrogens (primary N) is 1. The summed E-state index contributed by atoms with van der Waals surface area (Å²) in [6.45, 7) is 1.18. The summed E-state index contributed by atoms with van der Waals surface area (Å²) in [5.41, 5.74) is 6.61. The van der Waals surface area contributed by atoms with Crippen molar-refractivity contribution in [2.45, 2.75) is 25.2 Å². The second-order valence-electron chi connectivity index (χ2n) is 4.82. The fraction of sp³-hybridized carbons (Fsp3) is 0.538. The Bertz CT molecular complexity index is 378. The van der Waals surface area contributed by atoms with E-state index >= 15 is 0 Å². The molecule has 1 aliphatic rings. The van der Waals surface area contributed by atoms with Crippen molar-refractivity contribution in [1.29, 1.82) is 0 Å². The van der Waals surface area contributed by atoms with Gasteiger partial charge in [-0.2, -0.15) is 13.2 Å². The highest BCUT2D eigenvalue weighted by Crippen LogP contribution is 2.32. The number of rotatable bonds is 2. The molecule has 2 atom stereocenters. The normalized spacial score (nSPS) is 26.2. The monoisotopic (exact) mass is 258 g/mol. The van der Waals surface area contributed by atoms with Gasteiger partial charge >= 0.3 is 6.18 Å². The van der Waals surface area contributed by atoms with Gasteiger partial charge in [-0.15, -0.1) is 0 Å². The number of hydrogen-bond donors (Lipinski definition) is 1. The number of alkyl halides is 3. The van der Waals surface area contributed by atoms with Crippen LogP contribution in [0.3, 0.4) is 0 Å². The van der Waals surface area contributed by atoms with Crippen molar-refractivity contribution < 1.29 is 13.2 Å². The lowest BCUT2D eigenvalue weighted by atomic mass is 9.92. The molecule has 1 saturated heterocycles. The Morgan fingerprint density at radius 2 is 1.89 bits per heavy atom. The highest BCUT2D eigenvalue weighted by molar-refractivity contribution is 5.14. The highest BCUT2D eigenvalue weighted by atomic mass is 19.4. The van der Waals surface area contributed by atoms with Crippen LogP contribution in [0, 0.1) is 5.92 Å². The Kier molecular flexibility index (Phi) is 3.92. The molecule has 2 N–H and O–H groups in total. The van der Waals surface area contributed by atoms with Crippen LogP contribution in [0.25, 0.3) is 0 Å². The predicted octanol–water partition coefficient (Wildman–Crippen LogP) is 2.40. The van der Waals surface area contributed by atoms with Gasteiger partial charge in [0.1, 0.15) is 0 Å². The van der Waals surface area contributed by atoms with E-state index in [2.05, 4.69) is 0 Å². The van der Waals surface area contributed by atoms with Crippen LogP contribution >= 0.6 is 0 Å². The van der Waals surface area contributed by atoms with Crippen molar-refractivity contribution in [2.75, 3.05) is 13.1 Å². The number of benzene rings is 1.